The molecular weight excluding hydrogens is 291 g/mol. The van der Waals surface area contributed by atoms with Crippen molar-refractivity contribution >= 4 is 39.1 Å². The van der Waals surface area contributed by atoms with E-state index in [4.69, 9.17) is 11.6 Å². The van der Waals surface area contributed by atoms with Crippen molar-refractivity contribution in [2.45, 2.75) is 13.3 Å². The molecule has 1 aromatic rings. The number of carbonyl (C=O) groups excluding carboxylic acids is 1. The number of halogens is 2. The van der Waals surface area contributed by atoms with Crippen LogP contribution in [0.25, 0.3) is 0 Å². The van der Waals surface area contributed by atoms with E-state index < -0.39 is 0 Å². The number of nitrogens with one attached hydrogen (secondary N) is 2. The van der Waals surface area contributed by atoms with Gasteiger partial charge in [0.05, 0.1) is 11.6 Å². The topological polar surface area (TPSA) is 41.1 Å². The molecule has 5 heteroatoms. The van der Waals surface area contributed by atoms with Gasteiger partial charge in [-0.15, -0.1) is 0 Å². The summed E-state index contributed by atoms with van der Waals surface area (Å²) in [6.07, 6.45) is 1.01. The van der Waals surface area contributed by atoms with E-state index in [1.165, 1.54) is 0 Å². The molecule has 0 radical (unpaired) electrons. The SMILES string of the molecule is CCCNCC(=O)Nc1ccc(Br)c(Cl)c1. The zero-order valence-corrected chi connectivity index (χ0v) is 11.4. The lowest BCUT2D eigenvalue weighted by atomic mass is 10.3. The average molecular weight is 306 g/mol. The Balaban J connectivity index is 2.46. The zero-order chi connectivity index (χ0) is 12.0. The first-order valence-corrected chi connectivity index (χ1v) is 6.26. The lowest BCUT2D eigenvalue weighted by molar-refractivity contribution is -0.115. The summed E-state index contributed by atoms with van der Waals surface area (Å²) in [5.74, 6) is -0.0631. The summed E-state index contributed by atoms with van der Waals surface area (Å²) in [6.45, 7) is 3.22. The molecule has 0 aromatic heterocycles. The molecule has 88 valence electrons. The molecule has 3 nitrogen and oxygen atoms in total. The first-order chi connectivity index (χ1) is 7.63. The molecule has 16 heavy (non-hydrogen) atoms. The van der Waals surface area contributed by atoms with Gasteiger partial charge in [-0.2, -0.15) is 0 Å². The molecule has 0 spiro atoms. The van der Waals surface area contributed by atoms with Crippen LogP contribution in [-0.2, 0) is 4.79 Å². The monoisotopic (exact) mass is 304 g/mol. The molecular formula is C11H14BrClN2O. The van der Waals surface area contributed by atoms with Crippen molar-refractivity contribution < 1.29 is 4.79 Å². The summed E-state index contributed by atoms with van der Waals surface area (Å²) in [5, 5.41) is 6.37. The van der Waals surface area contributed by atoms with E-state index in [9.17, 15) is 4.79 Å². The van der Waals surface area contributed by atoms with Crippen LogP contribution in [-0.4, -0.2) is 19.0 Å². The fourth-order valence-corrected chi connectivity index (χ4v) is 1.58. The maximum atomic E-state index is 11.5. The van der Waals surface area contributed by atoms with Crippen LogP contribution in [0.3, 0.4) is 0 Å². The predicted molar refractivity (Wildman–Crippen MR) is 70.9 cm³/mol. The molecule has 0 heterocycles. The van der Waals surface area contributed by atoms with E-state index in [1.807, 2.05) is 0 Å². The second-order valence-corrected chi connectivity index (χ2v) is 4.62. The van der Waals surface area contributed by atoms with Crippen LogP contribution < -0.4 is 10.6 Å². The molecule has 0 bridgehead atoms. The van der Waals surface area contributed by atoms with Crippen LogP contribution in [0.2, 0.25) is 5.02 Å². The highest BCUT2D eigenvalue weighted by Gasteiger charge is 2.03. The number of amides is 1. The van der Waals surface area contributed by atoms with Gasteiger partial charge in [0.1, 0.15) is 0 Å². The predicted octanol–water partition coefficient (Wildman–Crippen LogP) is 3.04. The molecule has 1 aromatic carbocycles. The van der Waals surface area contributed by atoms with Crippen LogP contribution in [0.5, 0.6) is 0 Å². The van der Waals surface area contributed by atoms with Crippen molar-refractivity contribution in [1.82, 2.24) is 5.32 Å². The largest absolute Gasteiger partial charge is 0.325 e. The van der Waals surface area contributed by atoms with Crippen molar-refractivity contribution in [3.05, 3.63) is 27.7 Å². The van der Waals surface area contributed by atoms with Gasteiger partial charge >= 0.3 is 0 Å². The molecule has 0 aliphatic carbocycles. The van der Waals surface area contributed by atoms with Crippen molar-refractivity contribution in [1.29, 1.82) is 0 Å². The summed E-state index contributed by atoms with van der Waals surface area (Å²) in [6, 6.07) is 5.31. The fourth-order valence-electron chi connectivity index (χ4n) is 1.16. The van der Waals surface area contributed by atoms with Gasteiger partial charge in [0.25, 0.3) is 0 Å². The Morgan fingerprint density at radius 3 is 2.88 bits per heavy atom. The van der Waals surface area contributed by atoms with E-state index in [0.717, 1.165) is 17.4 Å². The first kappa shape index (κ1) is 13.5. The highest BCUT2D eigenvalue weighted by atomic mass is 79.9. The van der Waals surface area contributed by atoms with Crippen LogP contribution in [0.15, 0.2) is 22.7 Å². The molecule has 2 N–H and O–H groups in total. The number of anilines is 1. The van der Waals surface area contributed by atoms with Gasteiger partial charge in [0.2, 0.25) is 5.91 Å². The van der Waals surface area contributed by atoms with Crippen LogP contribution in [0.4, 0.5) is 5.69 Å². The molecule has 0 atom stereocenters. The van der Waals surface area contributed by atoms with Crippen molar-refractivity contribution in [2.75, 3.05) is 18.4 Å². The van der Waals surface area contributed by atoms with Crippen molar-refractivity contribution in [3.63, 3.8) is 0 Å². The van der Waals surface area contributed by atoms with Gasteiger partial charge in [0, 0.05) is 10.2 Å². The summed E-state index contributed by atoms with van der Waals surface area (Å²) < 4.78 is 0.816. The quantitative estimate of drug-likeness (QED) is 0.821. The van der Waals surface area contributed by atoms with Gasteiger partial charge in [-0.3, -0.25) is 4.79 Å². The molecule has 0 aliphatic rings. The first-order valence-electron chi connectivity index (χ1n) is 5.09. The Bertz CT molecular complexity index is 371. The molecule has 0 saturated heterocycles. The molecule has 1 rings (SSSR count). The third-order valence-corrected chi connectivity index (χ3v) is 3.15. The maximum absolute atomic E-state index is 11.5. The van der Waals surface area contributed by atoms with Crippen LogP contribution >= 0.6 is 27.5 Å². The highest BCUT2D eigenvalue weighted by Crippen LogP contribution is 2.25. The van der Waals surface area contributed by atoms with Gasteiger partial charge in [-0.05, 0) is 47.1 Å². The molecule has 0 aliphatic heterocycles. The lowest BCUT2D eigenvalue weighted by Gasteiger charge is -2.06. The maximum Gasteiger partial charge on any atom is 0.238 e. The lowest BCUT2D eigenvalue weighted by Crippen LogP contribution is -2.28. The van der Waals surface area contributed by atoms with Crippen LogP contribution in [0.1, 0.15) is 13.3 Å². The Morgan fingerprint density at radius 1 is 1.50 bits per heavy atom. The fraction of sp³-hybridized carbons (Fsp3) is 0.364. The summed E-state index contributed by atoms with van der Waals surface area (Å²) >= 11 is 9.20. The van der Waals surface area contributed by atoms with Crippen LogP contribution in [0, 0.1) is 0 Å². The Labute approximate surface area is 109 Å². The van der Waals surface area contributed by atoms with Gasteiger partial charge < -0.3 is 10.6 Å². The second-order valence-electron chi connectivity index (χ2n) is 3.35. The van der Waals surface area contributed by atoms with Gasteiger partial charge in [0.15, 0.2) is 0 Å². The number of benzene rings is 1. The molecule has 0 unspecified atom stereocenters. The number of hydrogen-bond donors (Lipinski definition) is 2. The van der Waals surface area contributed by atoms with E-state index >= 15 is 0 Å². The highest BCUT2D eigenvalue weighted by molar-refractivity contribution is 9.10. The van der Waals surface area contributed by atoms with Gasteiger partial charge in [-0.25, -0.2) is 0 Å². The minimum Gasteiger partial charge on any atom is -0.325 e. The molecule has 0 fully saturated rings. The van der Waals surface area contributed by atoms with E-state index in [-0.39, 0.29) is 5.91 Å². The zero-order valence-electron chi connectivity index (χ0n) is 9.02. The number of hydrogen-bond acceptors (Lipinski definition) is 2. The Hall–Kier alpha value is -0.580. The van der Waals surface area contributed by atoms with E-state index in [1.54, 1.807) is 18.2 Å². The van der Waals surface area contributed by atoms with Crippen molar-refractivity contribution in [2.24, 2.45) is 0 Å². The Morgan fingerprint density at radius 2 is 2.25 bits per heavy atom. The third-order valence-electron chi connectivity index (χ3n) is 1.92. The molecule has 0 saturated carbocycles. The summed E-state index contributed by atoms with van der Waals surface area (Å²) in [7, 11) is 0. The average Bonchev–Trinajstić information content (AvgIpc) is 2.24. The second kappa shape index (κ2) is 6.89. The summed E-state index contributed by atoms with van der Waals surface area (Å²) in [5.41, 5.74) is 0.705. The smallest absolute Gasteiger partial charge is 0.238 e. The molecule has 1 amide bonds. The summed E-state index contributed by atoms with van der Waals surface area (Å²) in [4.78, 5) is 11.5. The van der Waals surface area contributed by atoms with Gasteiger partial charge in [-0.1, -0.05) is 18.5 Å². The minimum atomic E-state index is -0.0631. The minimum absolute atomic E-state index is 0.0631. The number of carbonyl (C=O) groups is 1. The van der Waals surface area contributed by atoms with E-state index in [0.29, 0.717) is 17.3 Å². The Kier molecular flexibility index (Phi) is 5.80. The standard InChI is InChI=1S/C11H14BrClN2O/c1-2-5-14-7-11(16)15-8-3-4-9(12)10(13)6-8/h3-4,6,14H,2,5,7H2,1H3,(H,15,16). The van der Waals surface area contributed by atoms with E-state index in [2.05, 4.69) is 33.5 Å². The third kappa shape index (κ3) is 4.51. The number of rotatable bonds is 5. The normalized spacial score (nSPS) is 10.2. The van der Waals surface area contributed by atoms with Crippen molar-refractivity contribution in [3.8, 4) is 0 Å².